The molecule has 0 bridgehead atoms. The van der Waals surface area contributed by atoms with Gasteiger partial charge in [0.05, 0.1) is 0 Å². The van der Waals surface area contributed by atoms with Gasteiger partial charge in [0.25, 0.3) is 0 Å². The number of rotatable bonds is 5. The van der Waals surface area contributed by atoms with Crippen LogP contribution < -0.4 is 5.32 Å². The minimum absolute atomic E-state index is 0.152. The minimum atomic E-state index is -1.09. The molecular formula is C9H16N4O3. The van der Waals surface area contributed by atoms with Crippen LogP contribution in [-0.2, 0) is 4.74 Å². The molecule has 1 amide bonds. The number of nitrogens with one attached hydrogen (secondary N) is 1. The Kier molecular flexibility index (Phi) is 5.45. The molecule has 1 fully saturated rings. The number of ether oxygens (including phenoxy) is 1. The first-order valence-corrected chi connectivity index (χ1v) is 5.30. The van der Waals surface area contributed by atoms with E-state index in [2.05, 4.69) is 15.3 Å². The van der Waals surface area contributed by atoms with Crippen LogP contribution in [0.1, 0.15) is 19.3 Å². The molecule has 0 spiro atoms. The van der Waals surface area contributed by atoms with Gasteiger partial charge in [-0.05, 0) is 30.7 Å². The fourth-order valence-electron chi connectivity index (χ4n) is 1.88. The van der Waals surface area contributed by atoms with E-state index in [-0.39, 0.29) is 12.6 Å². The smallest absolute Gasteiger partial charge is 0.404 e. The van der Waals surface area contributed by atoms with Crippen LogP contribution in [0.3, 0.4) is 0 Å². The van der Waals surface area contributed by atoms with E-state index in [1.807, 2.05) is 0 Å². The summed E-state index contributed by atoms with van der Waals surface area (Å²) in [6, 6.07) is -0.319. The second-order valence-electron chi connectivity index (χ2n) is 3.88. The van der Waals surface area contributed by atoms with Crippen molar-refractivity contribution >= 4 is 6.09 Å². The molecule has 1 aliphatic rings. The highest BCUT2D eigenvalue weighted by atomic mass is 16.5. The summed E-state index contributed by atoms with van der Waals surface area (Å²) >= 11 is 0. The van der Waals surface area contributed by atoms with Crippen molar-refractivity contribution in [2.75, 3.05) is 19.8 Å². The van der Waals surface area contributed by atoms with Gasteiger partial charge in [-0.15, -0.1) is 0 Å². The molecule has 2 atom stereocenters. The van der Waals surface area contributed by atoms with Crippen molar-refractivity contribution in [3.8, 4) is 0 Å². The van der Waals surface area contributed by atoms with E-state index >= 15 is 0 Å². The number of carboxylic acid groups (broad SMARTS) is 1. The molecule has 1 saturated heterocycles. The van der Waals surface area contributed by atoms with Crippen LogP contribution in [0.4, 0.5) is 4.79 Å². The zero-order valence-electron chi connectivity index (χ0n) is 9.00. The summed E-state index contributed by atoms with van der Waals surface area (Å²) in [5.41, 5.74) is 8.21. The molecular weight excluding hydrogens is 212 g/mol. The molecule has 0 unspecified atom stereocenters. The molecule has 7 heteroatoms. The Hall–Kier alpha value is -1.46. The van der Waals surface area contributed by atoms with Crippen LogP contribution in [0.25, 0.3) is 10.4 Å². The van der Waals surface area contributed by atoms with Crippen molar-refractivity contribution in [1.82, 2.24) is 5.32 Å². The fraction of sp³-hybridized carbons (Fsp3) is 0.889. The highest BCUT2D eigenvalue weighted by Crippen LogP contribution is 2.19. The highest BCUT2D eigenvalue weighted by Gasteiger charge is 2.20. The van der Waals surface area contributed by atoms with Gasteiger partial charge in [0.15, 0.2) is 0 Å². The Balaban J connectivity index is 2.40. The maximum absolute atomic E-state index is 10.5. The molecule has 90 valence electrons. The van der Waals surface area contributed by atoms with Crippen LogP contribution in [0.5, 0.6) is 0 Å². The van der Waals surface area contributed by atoms with Gasteiger partial charge in [-0.25, -0.2) is 4.79 Å². The monoisotopic (exact) mass is 228 g/mol. The normalized spacial score (nSPS) is 21.9. The predicted molar refractivity (Wildman–Crippen MR) is 57.1 cm³/mol. The van der Waals surface area contributed by atoms with E-state index in [1.54, 1.807) is 0 Å². The highest BCUT2D eigenvalue weighted by molar-refractivity contribution is 5.64. The van der Waals surface area contributed by atoms with Crippen LogP contribution in [0.15, 0.2) is 5.11 Å². The summed E-state index contributed by atoms with van der Waals surface area (Å²) < 4.78 is 5.31. The largest absolute Gasteiger partial charge is 0.465 e. The second-order valence-corrected chi connectivity index (χ2v) is 3.88. The fourth-order valence-corrected chi connectivity index (χ4v) is 1.88. The molecule has 0 radical (unpaired) electrons. The SMILES string of the molecule is [N-]=[N+]=NC[C@H](C[C@H]1CCCOC1)NC(=O)O. The minimum Gasteiger partial charge on any atom is -0.465 e. The topological polar surface area (TPSA) is 107 Å². The Bertz CT molecular complexity index is 268. The molecule has 0 aromatic rings. The standard InChI is InChI=1S/C9H16N4O3/c10-13-11-5-8(12-9(14)15)4-7-2-1-3-16-6-7/h7-8,12H,1-6H2,(H,14,15)/t7-,8+/m1/s1. The second kappa shape index (κ2) is 6.92. The number of carbonyl (C=O) groups is 1. The third kappa shape index (κ3) is 4.86. The number of nitrogens with zero attached hydrogens (tertiary/aromatic N) is 3. The Labute approximate surface area is 93.4 Å². The third-order valence-electron chi connectivity index (χ3n) is 2.57. The van der Waals surface area contributed by atoms with Crippen molar-refractivity contribution < 1.29 is 14.6 Å². The Morgan fingerprint density at radius 3 is 3.12 bits per heavy atom. The number of azide groups is 1. The van der Waals surface area contributed by atoms with Crippen molar-refractivity contribution in [3.63, 3.8) is 0 Å². The summed E-state index contributed by atoms with van der Waals surface area (Å²) in [4.78, 5) is 13.2. The van der Waals surface area contributed by atoms with E-state index in [9.17, 15) is 4.79 Å². The first kappa shape index (κ1) is 12.6. The van der Waals surface area contributed by atoms with E-state index in [4.69, 9.17) is 15.4 Å². The van der Waals surface area contributed by atoms with Gasteiger partial charge < -0.3 is 15.2 Å². The van der Waals surface area contributed by atoms with Gasteiger partial charge in [0.2, 0.25) is 0 Å². The first-order chi connectivity index (χ1) is 7.72. The van der Waals surface area contributed by atoms with Crippen LogP contribution in [0.2, 0.25) is 0 Å². The Morgan fingerprint density at radius 2 is 2.56 bits per heavy atom. The van der Waals surface area contributed by atoms with Crippen molar-refractivity contribution in [2.24, 2.45) is 11.0 Å². The van der Waals surface area contributed by atoms with Gasteiger partial charge >= 0.3 is 6.09 Å². The number of amides is 1. The van der Waals surface area contributed by atoms with E-state index in [0.717, 1.165) is 19.4 Å². The van der Waals surface area contributed by atoms with Gasteiger partial charge in [-0.2, -0.15) is 0 Å². The van der Waals surface area contributed by atoms with Gasteiger partial charge in [0.1, 0.15) is 0 Å². The number of hydrogen-bond acceptors (Lipinski definition) is 3. The average Bonchev–Trinajstić information content (AvgIpc) is 2.26. The zero-order chi connectivity index (χ0) is 11.8. The zero-order valence-corrected chi connectivity index (χ0v) is 9.00. The van der Waals surface area contributed by atoms with Crippen LogP contribution >= 0.6 is 0 Å². The number of hydrogen-bond donors (Lipinski definition) is 2. The maximum atomic E-state index is 10.5. The summed E-state index contributed by atoms with van der Waals surface area (Å²) in [5, 5.41) is 14.4. The molecule has 1 rings (SSSR count). The molecule has 0 saturated carbocycles. The third-order valence-corrected chi connectivity index (χ3v) is 2.57. The van der Waals surface area contributed by atoms with Crippen molar-refractivity contribution in [1.29, 1.82) is 0 Å². The van der Waals surface area contributed by atoms with Crippen LogP contribution in [0, 0.1) is 5.92 Å². The van der Waals surface area contributed by atoms with Gasteiger partial charge in [0, 0.05) is 30.7 Å². The van der Waals surface area contributed by atoms with E-state index < -0.39 is 6.09 Å². The average molecular weight is 228 g/mol. The Morgan fingerprint density at radius 1 is 1.75 bits per heavy atom. The molecule has 2 N–H and O–H groups in total. The first-order valence-electron chi connectivity index (χ1n) is 5.30. The quantitative estimate of drug-likeness (QED) is 0.425. The summed E-state index contributed by atoms with van der Waals surface area (Å²) in [6.45, 7) is 1.59. The lowest BCUT2D eigenvalue weighted by atomic mass is 9.94. The van der Waals surface area contributed by atoms with E-state index in [1.165, 1.54) is 0 Å². The van der Waals surface area contributed by atoms with Crippen molar-refractivity contribution in [3.05, 3.63) is 10.4 Å². The van der Waals surface area contributed by atoms with Crippen LogP contribution in [-0.4, -0.2) is 37.0 Å². The lowest BCUT2D eigenvalue weighted by Gasteiger charge is -2.25. The molecule has 1 aliphatic heterocycles. The van der Waals surface area contributed by atoms with Gasteiger partial charge in [-0.1, -0.05) is 5.11 Å². The predicted octanol–water partition coefficient (Wildman–Crippen LogP) is 1.75. The lowest BCUT2D eigenvalue weighted by molar-refractivity contribution is 0.0479. The molecule has 16 heavy (non-hydrogen) atoms. The molecule has 1 heterocycles. The van der Waals surface area contributed by atoms with Crippen molar-refractivity contribution in [2.45, 2.75) is 25.3 Å². The molecule has 0 aliphatic carbocycles. The molecule has 0 aromatic heterocycles. The van der Waals surface area contributed by atoms with E-state index in [0.29, 0.717) is 18.9 Å². The molecule has 7 nitrogen and oxygen atoms in total. The summed E-state index contributed by atoms with van der Waals surface area (Å²) in [5.74, 6) is 0.347. The maximum Gasteiger partial charge on any atom is 0.404 e. The molecule has 0 aromatic carbocycles. The summed E-state index contributed by atoms with van der Waals surface area (Å²) in [7, 11) is 0. The summed E-state index contributed by atoms with van der Waals surface area (Å²) in [6.07, 6.45) is 1.61. The lowest BCUT2D eigenvalue weighted by Crippen LogP contribution is -2.38. The van der Waals surface area contributed by atoms with Gasteiger partial charge in [-0.3, -0.25) is 0 Å².